The van der Waals surface area contributed by atoms with Crippen LogP contribution in [0.3, 0.4) is 0 Å². The highest BCUT2D eigenvalue weighted by molar-refractivity contribution is 7.95. The van der Waals surface area contributed by atoms with Crippen molar-refractivity contribution in [2.45, 2.75) is 20.3 Å². The van der Waals surface area contributed by atoms with Crippen LogP contribution in [-0.2, 0) is 6.42 Å². The summed E-state index contributed by atoms with van der Waals surface area (Å²) in [5.41, 5.74) is 1.31. The van der Waals surface area contributed by atoms with Gasteiger partial charge in [0.15, 0.2) is 0 Å². The standard InChI is InChI=1S/C19H18P.C11H14O2.ClH.H3P/c1-20(17-11-5-2-6-12-17,18-13-7-3-8-14-18)19-15-9-4-10-16-19;1-8(2)6-9-4-3-5-10(7-9)11(12)13;;/h2-16H,1H3;3-5,7-8H,6H2,1-2H3,(H,12,13);1H;1H3/q+1;;;/p-1. The van der Waals surface area contributed by atoms with Gasteiger partial charge in [0.1, 0.15) is 23.2 Å². The van der Waals surface area contributed by atoms with Crippen molar-refractivity contribution in [1.82, 2.24) is 0 Å². The molecule has 0 aliphatic carbocycles. The van der Waals surface area contributed by atoms with E-state index in [2.05, 4.69) is 112 Å². The zero-order valence-electron chi connectivity index (χ0n) is 20.6. The Morgan fingerprint density at radius 1 is 0.714 bits per heavy atom. The van der Waals surface area contributed by atoms with Crippen LogP contribution in [0, 0.1) is 5.92 Å². The summed E-state index contributed by atoms with van der Waals surface area (Å²) >= 11 is 0. The number of aromatic carboxylic acids is 1. The van der Waals surface area contributed by atoms with Gasteiger partial charge in [-0.25, -0.2) is 0 Å². The average molecular weight is 525 g/mol. The summed E-state index contributed by atoms with van der Waals surface area (Å²) < 4.78 is 0. The second-order valence-corrected chi connectivity index (χ2v) is 12.2. The first-order valence-electron chi connectivity index (χ1n) is 11.2. The molecule has 0 radical (unpaired) electrons. The third-order valence-corrected chi connectivity index (χ3v) is 9.62. The van der Waals surface area contributed by atoms with E-state index in [1.807, 2.05) is 6.07 Å². The van der Waals surface area contributed by atoms with Gasteiger partial charge in [-0.2, -0.15) is 9.90 Å². The van der Waals surface area contributed by atoms with Gasteiger partial charge in [-0.3, -0.25) is 0 Å². The molecule has 0 aromatic heterocycles. The highest BCUT2D eigenvalue weighted by Gasteiger charge is 2.39. The molecule has 0 spiro atoms. The topological polar surface area (TPSA) is 40.1 Å². The Morgan fingerprint density at radius 3 is 1.46 bits per heavy atom. The summed E-state index contributed by atoms with van der Waals surface area (Å²) in [5, 5.41) is 14.8. The first-order chi connectivity index (χ1) is 15.9. The van der Waals surface area contributed by atoms with Crippen molar-refractivity contribution in [3.63, 3.8) is 0 Å². The molecule has 4 aromatic carbocycles. The molecule has 4 aromatic rings. The molecule has 0 saturated carbocycles. The van der Waals surface area contributed by atoms with Crippen LogP contribution in [-0.4, -0.2) is 12.6 Å². The SMILES string of the molecule is CC(C)Cc1cccc(C(=O)[O-])c1.C[P+](c1ccccc1)(c1ccccc1)c1ccccc1.Cl.P. The molecule has 0 fully saturated rings. The van der Waals surface area contributed by atoms with Crippen LogP contribution in [0.2, 0.25) is 0 Å². The molecular weight excluding hydrogens is 490 g/mol. The quantitative estimate of drug-likeness (QED) is 0.319. The number of carboxylic acids is 1. The van der Waals surface area contributed by atoms with E-state index in [4.69, 9.17) is 0 Å². The van der Waals surface area contributed by atoms with Crippen LogP contribution < -0.4 is 21.0 Å². The van der Waals surface area contributed by atoms with Crippen LogP contribution in [0.25, 0.3) is 0 Å². The van der Waals surface area contributed by atoms with E-state index in [0.717, 1.165) is 12.0 Å². The molecule has 0 aliphatic heterocycles. The van der Waals surface area contributed by atoms with Crippen molar-refractivity contribution in [2.24, 2.45) is 5.92 Å². The highest BCUT2D eigenvalue weighted by Crippen LogP contribution is 2.51. The van der Waals surface area contributed by atoms with Gasteiger partial charge in [-0.05, 0) is 65.9 Å². The molecule has 0 N–H and O–H groups in total. The molecule has 35 heavy (non-hydrogen) atoms. The maximum Gasteiger partial charge on any atom is 0.109 e. The second-order valence-electron chi connectivity index (χ2n) is 8.60. The summed E-state index contributed by atoms with van der Waals surface area (Å²) in [4.78, 5) is 10.5. The van der Waals surface area contributed by atoms with Gasteiger partial charge in [-0.1, -0.05) is 86.6 Å². The predicted molar refractivity (Wildman–Crippen MR) is 159 cm³/mol. The second kappa shape index (κ2) is 14.8. The smallest absolute Gasteiger partial charge is 0.109 e. The normalized spacial score (nSPS) is 10.3. The Kier molecular flexibility index (Phi) is 12.9. The minimum atomic E-state index is -1.53. The number of carboxylic acid groups (broad SMARTS) is 1. The molecule has 184 valence electrons. The lowest BCUT2D eigenvalue weighted by Crippen LogP contribution is -2.30. The maximum atomic E-state index is 10.5. The lowest BCUT2D eigenvalue weighted by atomic mass is 10.0. The molecule has 1 atom stereocenters. The summed E-state index contributed by atoms with van der Waals surface area (Å²) in [6, 6.07) is 39.6. The zero-order chi connectivity index (χ0) is 23.7. The van der Waals surface area contributed by atoms with Crippen LogP contribution in [0.15, 0.2) is 115 Å². The Labute approximate surface area is 220 Å². The minimum absolute atomic E-state index is 0. The van der Waals surface area contributed by atoms with Gasteiger partial charge < -0.3 is 9.90 Å². The molecule has 4 rings (SSSR count). The largest absolute Gasteiger partial charge is 0.545 e. The molecular formula is C30H35ClO2P2. The van der Waals surface area contributed by atoms with Gasteiger partial charge in [0, 0.05) is 0 Å². The van der Waals surface area contributed by atoms with Gasteiger partial charge in [0.05, 0.1) is 12.6 Å². The van der Waals surface area contributed by atoms with Crippen molar-refractivity contribution in [1.29, 1.82) is 0 Å². The van der Waals surface area contributed by atoms with Crippen molar-refractivity contribution >= 4 is 51.5 Å². The number of carbonyl (C=O) groups is 1. The number of hydrogen-bond acceptors (Lipinski definition) is 2. The summed E-state index contributed by atoms with van der Waals surface area (Å²) in [7, 11) is -1.53. The average Bonchev–Trinajstić information content (AvgIpc) is 2.85. The van der Waals surface area contributed by atoms with E-state index in [9.17, 15) is 9.90 Å². The maximum absolute atomic E-state index is 10.5. The monoisotopic (exact) mass is 524 g/mol. The number of hydrogen-bond donors (Lipinski definition) is 0. The van der Waals surface area contributed by atoms with E-state index < -0.39 is 13.2 Å². The molecule has 0 amide bonds. The first-order valence-corrected chi connectivity index (χ1v) is 13.5. The van der Waals surface area contributed by atoms with Crippen molar-refractivity contribution in [2.75, 3.05) is 6.66 Å². The lowest BCUT2D eigenvalue weighted by Gasteiger charge is -2.22. The highest BCUT2D eigenvalue weighted by atomic mass is 35.5. The van der Waals surface area contributed by atoms with E-state index in [1.165, 1.54) is 15.9 Å². The predicted octanol–water partition coefficient (Wildman–Crippen LogP) is 5.34. The van der Waals surface area contributed by atoms with E-state index in [-0.39, 0.29) is 27.9 Å². The molecule has 0 saturated heterocycles. The molecule has 2 nitrogen and oxygen atoms in total. The number of carbonyl (C=O) groups excluding carboxylic acids is 1. The molecule has 0 bridgehead atoms. The molecule has 0 aliphatic rings. The van der Waals surface area contributed by atoms with Crippen LogP contribution in [0.5, 0.6) is 0 Å². The Hall–Kier alpha value is -2.50. The number of benzene rings is 4. The van der Waals surface area contributed by atoms with Crippen molar-refractivity contribution < 1.29 is 9.90 Å². The fourth-order valence-corrected chi connectivity index (χ4v) is 7.12. The van der Waals surface area contributed by atoms with Gasteiger partial charge in [0.2, 0.25) is 0 Å². The lowest BCUT2D eigenvalue weighted by molar-refractivity contribution is -0.255. The van der Waals surface area contributed by atoms with Gasteiger partial charge >= 0.3 is 0 Å². The molecule has 5 heteroatoms. The molecule has 0 heterocycles. The first kappa shape index (κ1) is 30.5. The summed E-state index contributed by atoms with van der Waals surface area (Å²) in [6.07, 6.45) is 0.904. The Balaban J connectivity index is 0.000000360. The van der Waals surface area contributed by atoms with E-state index in [0.29, 0.717) is 5.92 Å². The van der Waals surface area contributed by atoms with Crippen LogP contribution in [0.1, 0.15) is 29.8 Å². The van der Waals surface area contributed by atoms with Crippen LogP contribution >= 0.6 is 29.6 Å². The third kappa shape index (κ3) is 8.29. The number of rotatable bonds is 6. The molecule has 1 unspecified atom stereocenters. The van der Waals surface area contributed by atoms with E-state index in [1.54, 1.807) is 18.2 Å². The van der Waals surface area contributed by atoms with Gasteiger partial charge in [-0.15, -0.1) is 12.4 Å². The van der Waals surface area contributed by atoms with E-state index >= 15 is 0 Å². The number of halogens is 1. The Morgan fingerprint density at radius 2 is 1.11 bits per heavy atom. The minimum Gasteiger partial charge on any atom is -0.545 e. The zero-order valence-corrected chi connectivity index (χ0v) is 23.8. The summed E-state index contributed by atoms with van der Waals surface area (Å²) in [6.45, 7) is 6.62. The summed E-state index contributed by atoms with van der Waals surface area (Å²) in [5.74, 6) is -0.567. The third-order valence-electron chi connectivity index (χ3n) is 5.62. The van der Waals surface area contributed by atoms with Crippen molar-refractivity contribution in [3.05, 3.63) is 126 Å². The fourth-order valence-electron chi connectivity index (χ4n) is 3.92. The van der Waals surface area contributed by atoms with Gasteiger partial charge in [0.25, 0.3) is 0 Å². The van der Waals surface area contributed by atoms with Crippen LogP contribution in [0.4, 0.5) is 0 Å². The Bertz CT molecular complexity index is 1050. The van der Waals surface area contributed by atoms with Crippen molar-refractivity contribution in [3.8, 4) is 0 Å². The fraction of sp³-hybridized carbons (Fsp3) is 0.167.